The summed E-state index contributed by atoms with van der Waals surface area (Å²) in [5.41, 5.74) is 6.91. The van der Waals surface area contributed by atoms with Crippen LogP contribution in [0.25, 0.3) is 5.57 Å². The molecule has 2 aliphatic rings. The van der Waals surface area contributed by atoms with Gasteiger partial charge in [-0.3, -0.25) is 4.79 Å². The van der Waals surface area contributed by atoms with Crippen molar-refractivity contribution in [1.29, 1.82) is 0 Å². The molecule has 0 radical (unpaired) electrons. The Kier molecular flexibility index (Phi) is 5.36. The van der Waals surface area contributed by atoms with Crippen LogP contribution < -0.4 is 5.32 Å². The molecule has 0 aliphatic heterocycles. The first-order valence-corrected chi connectivity index (χ1v) is 11.0. The van der Waals surface area contributed by atoms with Gasteiger partial charge in [0.1, 0.15) is 0 Å². The average Bonchev–Trinajstić information content (AvgIpc) is 3.17. The SMILES string of the molecule is CCC1C=C(NC(=O)c2ccccc2C)C=CC(c2c(C)sc3c2CCC3)=C1. The van der Waals surface area contributed by atoms with Crippen molar-refractivity contribution in [1.82, 2.24) is 5.32 Å². The van der Waals surface area contributed by atoms with E-state index < -0.39 is 0 Å². The second-order valence-corrected chi connectivity index (χ2v) is 9.02. The van der Waals surface area contributed by atoms with Crippen LogP contribution in [0.5, 0.6) is 0 Å². The number of hydrogen-bond acceptors (Lipinski definition) is 2. The molecule has 2 aliphatic carbocycles. The maximum atomic E-state index is 12.8. The number of fused-ring (bicyclic) bond motifs is 1. The number of carbonyl (C=O) groups is 1. The molecule has 28 heavy (non-hydrogen) atoms. The molecule has 2 nitrogen and oxygen atoms in total. The highest BCUT2D eigenvalue weighted by molar-refractivity contribution is 7.12. The molecule has 144 valence electrons. The number of thiophene rings is 1. The van der Waals surface area contributed by atoms with E-state index in [4.69, 9.17) is 0 Å². The third-order valence-corrected chi connectivity index (χ3v) is 6.94. The predicted octanol–water partition coefficient (Wildman–Crippen LogP) is 6.15. The van der Waals surface area contributed by atoms with Crippen molar-refractivity contribution in [2.24, 2.45) is 5.92 Å². The van der Waals surface area contributed by atoms with Gasteiger partial charge in [-0.05, 0) is 79.9 Å². The van der Waals surface area contributed by atoms with Gasteiger partial charge in [0.25, 0.3) is 5.91 Å². The normalized spacial score (nSPS) is 18.3. The predicted molar refractivity (Wildman–Crippen MR) is 119 cm³/mol. The summed E-state index contributed by atoms with van der Waals surface area (Å²) < 4.78 is 0. The molecule has 1 atom stereocenters. The second-order valence-electron chi connectivity index (χ2n) is 7.71. The Balaban J connectivity index is 1.62. The van der Waals surface area contributed by atoms with Crippen molar-refractivity contribution >= 4 is 22.8 Å². The van der Waals surface area contributed by atoms with E-state index in [0.29, 0.717) is 5.92 Å². The van der Waals surface area contributed by atoms with Crippen LogP contribution in [0.4, 0.5) is 0 Å². The first-order chi connectivity index (χ1) is 13.6. The first kappa shape index (κ1) is 18.9. The van der Waals surface area contributed by atoms with Gasteiger partial charge in [-0.1, -0.05) is 43.4 Å². The molecule has 1 unspecified atom stereocenters. The summed E-state index contributed by atoms with van der Waals surface area (Å²) in [4.78, 5) is 15.7. The monoisotopic (exact) mass is 389 g/mol. The molecular formula is C25H27NOS. The van der Waals surface area contributed by atoms with Crippen LogP contribution in [0, 0.1) is 19.8 Å². The van der Waals surface area contributed by atoms with Crippen LogP contribution >= 0.6 is 11.3 Å². The standard InChI is InChI=1S/C25H27NOS/c1-4-18-14-19(24-17(3)28-23-11-7-10-22(23)24)12-13-20(15-18)26-25(27)21-9-6-5-8-16(21)2/h5-6,8-9,12-15,18H,4,7,10-11H2,1-3H3,(H,26,27). The maximum absolute atomic E-state index is 12.8. The number of carbonyl (C=O) groups excluding carboxylic acids is 1. The molecule has 3 heteroatoms. The van der Waals surface area contributed by atoms with Crippen molar-refractivity contribution in [2.75, 3.05) is 0 Å². The Morgan fingerprint density at radius 2 is 1.96 bits per heavy atom. The zero-order valence-corrected chi connectivity index (χ0v) is 17.7. The van der Waals surface area contributed by atoms with Gasteiger partial charge in [-0.2, -0.15) is 0 Å². The minimum absolute atomic E-state index is 0.0418. The number of nitrogens with one attached hydrogen (secondary N) is 1. The number of allylic oxidation sites excluding steroid dienone is 5. The number of rotatable bonds is 4. The van der Waals surface area contributed by atoms with Crippen LogP contribution in [-0.2, 0) is 12.8 Å². The molecule has 0 fully saturated rings. The summed E-state index contributed by atoms with van der Waals surface area (Å²) in [5, 5.41) is 3.12. The Bertz CT molecular complexity index is 1010. The molecule has 4 rings (SSSR count). The highest BCUT2D eigenvalue weighted by Crippen LogP contribution is 2.40. The molecule has 0 bridgehead atoms. The number of amides is 1. The van der Waals surface area contributed by atoms with E-state index in [0.717, 1.165) is 23.2 Å². The minimum atomic E-state index is -0.0418. The summed E-state index contributed by atoms with van der Waals surface area (Å²) in [6, 6.07) is 7.72. The minimum Gasteiger partial charge on any atom is -0.322 e. The van der Waals surface area contributed by atoms with Gasteiger partial charge in [0.15, 0.2) is 0 Å². The van der Waals surface area contributed by atoms with Crippen LogP contribution in [-0.4, -0.2) is 5.91 Å². The van der Waals surface area contributed by atoms with E-state index >= 15 is 0 Å². The van der Waals surface area contributed by atoms with Gasteiger partial charge in [-0.25, -0.2) is 0 Å². The lowest BCUT2D eigenvalue weighted by Gasteiger charge is -2.10. The summed E-state index contributed by atoms with van der Waals surface area (Å²) in [6.07, 6.45) is 13.5. The Hall–Kier alpha value is -2.39. The molecule has 1 aromatic carbocycles. The molecule has 2 aromatic rings. The number of aryl methyl sites for hydroxylation is 3. The Morgan fingerprint density at radius 1 is 1.14 bits per heavy atom. The zero-order valence-electron chi connectivity index (χ0n) is 16.8. The van der Waals surface area contributed by atoms with Gasteiger partial charge in [-0.15, -0.1) is 11.3 Å². The van der Waals surface area contributed by atoms with Gasteiger partial charge < -0.3 is 5.32 Å². The summed E-state index contributed by atoms with van der Waals surface area (Å²) in [5.74, 6) is 0.272. The van der Waals surface area contributed by atoms with E-state index in [-0.39, 0.29) is 5.91 Å². The number of benzene rings is 1. The quantitative estimate of drug-likeness (QED) is 0.668. The summed E-state index contributed by atoms with van der Waals surface area (Å²) >= 11 is 1.96. The molecule has 1 N–H and O–H groups in total. The third-order valence-electron chi connectivity index (χ3n) is 5.73. The van der Waals surface area contributed by atoms with Gasteiger partial charge >= 0.3 is 0 Å². The van der Waals surface area contributed by atoms with E-state index in [2.05, 4.69) is 43.5 Å². The van der Waals surface area contributed by atoms with E-state index in [9.17, 15) is 4.79 Å². The lowest BCUT2D eigenvalue weighted by Crippen LogP contribution is -2.23. The van der Waals surface area contributed by atoms with Crippen LogP contribution in [0.3, 0.4) is 0 Å². The maximum Gasteiger partial charge on any atom is 0.255 e. The fourth-order valence-electron chi connectivity index (χ4n) is 4.23. The van der Waals surface area contributed by atoms with E-state index in [1.807, 2.05) is 42.5 Å². The Labute approximate surface area is 171 Å². The van der Waals surface area contributed by atoms with Crippen LogP contribution in [0.15, 0.2) is 54.3 Å². The van der Waals surface area contributed by atoms with E-state index in [1.54, 1.807) is 10.4 Å². The van der Waals surface area contributed by atoms with Gasteiger partial charge in [0, 0.05) is 21.0 Å². The largest absolute Gasteiger partial charge is 0.322 e. The fraction of sp³-hybridized carbons (Fsp3) is 0.320. The lowest BCUT2D eigenvalue weighted by molar-refractivity contribution is 0.0966. The average molecular weight is 390 g/mol. The van der Waals surface area contributed by atoms with Gasteiger partial charge in [0.05, 0.1) is 0 Å². The molecule has 0 saturated carbocycles. The summed E-state index contributed by atoms with van der Waals surface area (Å²) in [7, 11) is 0. The molecule has 1 heterocycles. The molecular weight excluding hydrogens is 362 g/mol. The lowest BCUT2D eigenvalue weighted by atomic mass is 9.96. The van der Waals surface area contributed by atoms with Crippen molar-refractivity contribution in [2.45, 2.75) is 46.5 Å². The van der Waals surface area contributed by atoms with E-state index in [1.165, 1.54) is 35.3 Å². The highest BCUT2D eigenvalue weighted by atomic mass is 32.1. The van der Waals surface area contributed by atoms with Crippen LogP contribution in [0.1, 0.15) is 56.6 Å². The molecule has 1 aromatic heterocycles. The smallest absolute Gasteiger partial charge is 0.255 e. The van der Waals surface area contributed by atoms with Gasteiger partial charge in [0.2, 0.25) is 0 Å². The zero-order chi connectivity index (χ0) is 19.7. The molecule has 0 spiro atoms. The van der Waals surface area contributed by atoms with Crippen molar-refractivity contribution in [3.8, 4) is 0 Å². The van der Waals surface area contributed by atoms with Crippen molar-refractivity contribution < 1.29 is 4.79 Å². The third kappa shape index (κ3) is 3.64. The second kappa shape index (κ2) is 7.92. The number of hydrogen-bond donors (Lipinski definition) is 1. The topological polar surface area (TPSA) is 29.1 Å². The first-order valence-electron chi connectivity index (χ1n) is 10.2. The van der Waals surface area contributed by atoms with Crippen molar-refractivity contribution in [3.63, 3.8) is 0 Å². The molecule has 0 saturated heterocycles. The van der Waals surface area contributed by atoms with Crippen LogP contribution in [0.2, 0.25) is 0 Å². The fourth-order valence-corrected chi connectivity index (χ4v) is 5.52. The molecule has 1 amide bonds. The summed E-state index contributed by atoms with van der Waals surface area (Å²) in [6.45, 7) is 6.42. The highest BCUT2D eigenvalue weighted by Gasteiger charge is 2.23. The van der Waals surface area contributed by atoms with Crippen molar-refractivity contribution in [3.05, 3.63) is 86.3 Å². The Morgan fingerprint density at radius 3 is 2.75 bits per heavy atom.